The number of fused-ring (bicyclic) bond motifs is 3. The summed E-state index contributed by atoms with van der Waals surface area (Å²) in [7, 11) is 0. The van der Waals surface area contributed by atoms with Gasteiger partial charge in [0.1, 0.15) is 5.69 Å². The van der Waals surface area contributed by atoms with Crippen LogP contribution in [-0.2, 0) is 0 Å². The van der Waals surface area contributed by atoms with Crippen molar-refractivity contribution < 1.29 is 4.79 Å². The molecule has 1 amide bonds. The molecule has 1 radical (unpaired) electrons. The highest BCUT2D eigenvalue weighted by Gasteiger charge is 2.07. The van der Waals surface area contributed by atoms with Gasteiger partial charge in [-0.15, -0.1) is 0 Å². The first-order chi connectivity index (χ1) is 8.25. The Morgan fingerprint density at radius 3 is 2.47 bits per heavy atom. The van der Waals surface area contributed by atoms with Gasteiger partial charge in [0, 0.05) is 17.0 Å². The maximum Gasteiger partial charge on any atom is 0.288 e. The molecule has 0 spiro atoms. The maximum atomic E-state index is 11.0. The second-order valence-electron chi connectivity index (χ2n) is 3.74. The van der Waals surface area contributed by atoms with Gasteiger partial charge < -0.3 is 0 Å². The molecule has 0 atom stereocenters. The number of nitrogens with one attached hydrogen (secondary N) is 1. The van der Waals surface area contributed by atoms with E-state index in [1.807, 2.05) is 24.3 Å². The highest BCUT2D eigenvalue weighted by molar-refractivity contribution is 6.04. The summed E-state index contributed by atoms with van der Waals surface area (Å²) in [6.45, 7) is 0. The second-order valence-corrected chi connectivity index (χ2v) is 3.74. The molecule has 1 N–H and O–H groups in total. The lowest BCUT2D eigenvalue weighted by Gasteiger charge is -2.02. The monoisotopic (exact) mass is 222 g/mol. The summed E-state index contributed by atoms with van der Waals surface area (Å²) < 4.78 is 0. The Hall–Kier alpha value is -2.49. The summed E-state index contributed by atoms with van der Waals surface area (Å²) in [6.07, 6.45) is 1.69. The van der Waals surface area contributed by atoms with Crippen LogP contribution in [0.1, 0.15) is 10.5 Å². The van der Waals surface area contributed by atoms with Crippen molar-refractivity contribution in [2.24, 2.45) is 0 Å². The quantitative estimate of drug-likeness (QED) is 0.593. The van der Waals surface area contributed by atoms with Crippen molar-refractivity contribution >= 4 is 27.7 Å². The van der Waals surface area contributed by atoms with Crippen LogP contribution in [0.15, 0.2) is 42.6 Å². The Balaban J connectivity index is 2.46. The number of carbonyl (C=O) groups is 1. The van der Waals surface area contributed by atoms with Crippen molar-refractivity contribution in [3.05, 3.63) is 48.3 Å². The summed E-state index contributed by atoms with van der Waals surface area (Å²) >= 11 is 0. The van der Waals surface area contributed by atoms with E-state index in [1.165, 1.54) is 0 Å². The minimum atomic E-state index is -0.778. The van der Waals surface area contributed by atoms with Crippen molar-refractivity contribution in [3.63, 3.8) is 0 Å². The van der Waals surface area contributed by atoms with E-state index in [2.05, 4.69) is 9.97 Å². The Labute approximate surface area is 97.1 Å². The molecule has 3 rings (SSSR count). The van der Waals surface area contributed by atoms with Crippen LogP contribution in [0.4, 0.5) is 0 Å². The third kappa shape index (κ3) is 1.50. The molecule has 1 aromatic carbocycles. The lowest BCUT2D eigenvalue weighted by molar-refractivity contribution is 0.0987. The number of amides is 1. The van der Waals surface area contributed by atoms with Gasteiger partial charge in [-0.25, -0.2) is 4.98 Å². The topological polar surface area (TPSA) is 66.7 Å². The van der Waals surface area contributed by atoms with E-state index >= 15 is 0 Å². The molecule has 0 saturated carbocycles. The zero-order chi connectivity index (χ0) is 11.8. The van der Waals surface area contributed by atoms with E-state index < -0.39 is 5.91 Å². The first kappa shape index (κ1) is 9.72. The van der Waals surface area contributed by atoms with Crippen LogP contribution in [0.2, 0.25) is 0 Å². The second kappa shape index (κ2) is 3.52. The van der Waals surface area contributed by atoms with Crippen molar-refractivity contribution in [2.75, 3.05) is 0 Å². The fraction of sp³-hybridized carbons (Fsp3) is 0. The lowest BCUT2D eigenvalue weighted by Crippen LogP contribution is -2.02. The predicted octanol–water partition coefficient (Wildman–Crippen LogP) is 2.21. The lowest BCUT2D eigenvalue weighted by atomic mass is 10.1. The SMILES string of the molecule is [NH]C(=O)c1ccc2ccc3cccnc3c2n1. The minimum absolute atomic E-state index is 0.149. The average molecular weight is 222 g/mol. The van der Waals surface area contributed by atoms with Crippen molar-refractivity contribution in [2.45, 2.75) is 0 Å². The van der Waals surface area contributed by atoms with Crippen LogP contribution in [0.25, 0.3) is 21.8 Å². The number of benzene rings is 1. The van der Waals surface area contributed by atoms with Gasteiger partial charge >= 0.3 is 0 Å². The number of carbonyl (C=O) groups excluding carboxylic acids is 1. The molecule has 0 unspecified atom stereocenters. The van der Waals surface area contributed by atoms with Crippen molar-refractivity contribution in [1.82, 2.24) is 15.7 Å². The van der Waals surface area contributed by atoms with Crippen LogP contribution in [-0.4, -0.2) is 15.9 Å². The first-order valence-electron chi connectivity index (χ1n) is 5.16. The van der Waals surface area contributed by atoms with E-state index in [0.29, 0.717) is 5.52 Å². The van der Waals surface area contributed by atoms with Crippen LogP contribution in [0.3, 0.4) is 0 Å². The molecule has 0 fully saturated rings. The zero-order valence-electron chi connectivity index (χ0n) is 8.84. The molecular formula is C13H8N3O. The summed E-state index contributed by atoms with van der Waals surface area (Å²) in [5, 5.41) is 1.89. The maximum absolute atomic E-state index is 11.0. The van der Waals surface area contributed by atoms with Crippen LogP contribution in [0.5, 0.6) is 0 Å². The van der Waals surface area contributed by atoms with Gasteiger partial charge in [-0.1, -0.05) is 24.3 Å². The molecule has 3 aromatic rings. The van der Waals surface area contributed by atoms with Crippen LogP contribution >= 0.6 is 0 Å². The van der Waals surface area contributed by atoms with E-state index in [4.69, 9.17) is 5.73 Å². The Kier molecular flexibility index (Phi) is 2.01. The summed E-state index contributed by atoms with van der Waals surface area (Å²) in [4.78, 5) is 19.5. The van der Waals surface area contributed by atoms with E-state index in [1.54, 1.807) is 18.3 Å². The van der Waals surface area contributed by atoms with E-state index in [-0.39, 0.29) is 5.69 Å². The van der Waals surface area contributed by atoms with Gasteiger partial charge in [0.15, 0.2) is 0 Å². The molecule has 81 valence electrons. The zero-order valence-corrected chi connectivity index (χ0v) is 8.84. The molecule has 0 bridgehead atoms. The first-order valence-corrected chi connectivity index (χ1v) is 5.16. The fourth-order valence-corrected chi connectivity index (χ4v) is 1.85. The Morgan fingerprint density at radius 1 is 1.00 bits per heavy atom. The molecule has 0 aliphatic rings. The normalized spacial score (nSPS) is 10.8. The number of hydrogen-bond donors (Lipinski definition) is 0. The van der Waals surface area contributed by atoms with Gasteiger partial charge in [-0.2, -0.15) is 0 Å². The van der Waals surface area contributed by atoms with Gasteiger partial charge in [-0.3, -0.25) is 15.5 Å². The summed E-state index contributed by atoms with van der Waals surface area (Å²) in [6, 6.07) is 11.1. The standard InChI is InChI=1S/C13H8N3O/c14-13(17)10-6-5-9-4-3-8-2-1-7-15-11(8)12(9)16-10/h1-7,14H. The highest BCUT2D eigenvalue weighted by atomic mass is 16.1. The summed E-state index contributed by atoms with van der Waals surface area (Å²) in [5.74, 6) is -0.778. The smallest absolute Gasteiger partial charge is 0.266 e. The van der Waals surface area contributed by atoms with Crippen LogP contribution in [0, 0.1) is 0 Å². The van der Waals surface area contributed by atoms with Crippen LogP contribution < -0.4 is 5.73 Å². The van der Waals surface area contributed by atoms with Crippen molar-refractivity contribution in [1.29, 1.82) is 0 Å². The predicted molar refractivity (Wildman–Crippen MR) is 64.5 cm³/mol. The number of aromatic nitrogens is 2. The number of nitrogens with zero attached hydrogens (tertiary/aromatic N) is 2. The summed E-state index contributed by atoms with van der Waals surface area (Å²) in [5.41, 5.74) is 8.65. The molecule has 0 aliphatic carbocycles. The van der Waals surface area contributed by atoms with Crippen molar-refractivity contribution in [3.8, 4) is 0 Å². The Bertz CT molecular complexity index is 737. The fourth-order valence-electron chi connectivity index (χ4n) is 1.85. The third-order valence-corrected chi connectivity index (χ3v) is 2.66. The number of pyridine rings is 2. The van der Waals surface area contributed by atoms with E-state index in [0.717, 1.165) is 16.3 Å². The van der Waals surface area contributed by atoms with Gasteiger partial charge in [-0.05, 0) is 12.1 Å². The highest BCUT2D eigenvalue weighted by Crippen LogP contribution is 2.21. The third-order valence-electron chi connectivity index (χ3n) is 2.66. The number of hydrogen-bond acceptors (Lipinski definition) is 3. The molecule has 2 aromatic heterocycles. The van der Waals surface area contributed by atoms with Gasteiger partial charge in [0.05, 0.1) is 11.0 Å². The van der Waals surface area contributed by atoms with E-state index in [9.17, 15) is 4.79 Å². The molecule has 0 aliphatic heterocycles. The van der Waals surface area contributed by atoms with Gasteiger partial charge in [0.2, 0.25) is 0 Å². The molecule has 4 heteroatoms. The average Bonchev–Trinajstić information content (AvgIpc) is 2.38. The Morgan fingerprint density at radius 2 is 1.71 bits per heavy atom. The molecule has 17 heavy (non-hydrogen) atoms. The van der Waals surface area contributed by atoms with Gasteiger partial charge in [0.25, 0.3) is 5.91 Å². The molecule has 0 saturated heterocycles. The molecule has 2 heterocycles. The minimum Gasteiger partial charge on any atom is -0.266 e. The largest absolute Gasteiger partial charge is 0.288 e. The molecular weight excluding hydrogens is 214 g/mol. The molecule has 4 nitrogen and oxygen atoms in total. The number of rotatable bonds is 1.